The van der Waals surface area contributed by atoms with Gasteiger partial charge in [0.15, 0.2) is 0 Å². The van der Waals surface area contributed by atoms with E-state index in [9.17, 15) is 18.0 Å². The minimum absolute atomic E-state index is 0.172. The summed E-state index contributed by atoms with van der Waals surface area (Å²) in [6.07, 6.45) is 0. The van der Waals surface area contributed by atoms with Crippen molar-refractivity contribution in [1.29, 1.82) is 0 Å². The largest absolute Gasteiger partial charge is 0.495 e. The van der Waals surface area contributed by atoms with Crippen molar-refractivity contribution in [3.05, 3.63) is 78.4 Å². The predicted octanol–water partition coefficient (Wildman–Crippen LogP) is 3.42. The maximum Gasteiger partial charge on any atom is 0.255 e. The molecule has 0 unspecified atom stereocenters. The Balaban J connectivity index is 1.37. The van der Waals surface area contributed by atoms with Crippen LogP contribution in [0.2, 0.25) is 0 Å². The number of hydrogen-bond donors (Lipinski definition) is 2. The second-order valence-corrected chi connectivity index (χ2v) is 10.2. The number of methoxy groups -OCH3 is 1. The molecule has 10 heteroatoms. The van der Waals surface area contributed by atoms with Crippen LogP contribution in [0.1, 0.15) is 17.3 Å². The minimum Gasteiger partial charge on any atom is -0.495 e. The van der Waals surface area contributed by atoms with Crippen LogP contribution in [0.4, 0.5) is 17.1 Å². The van der Waals surface area contributed by atoms with E-state index >= 15 is 0 Å². The lowest BCUT2D eigenvalue weighted by Gasteiger charge is -2.35. The Bertz CT molecular complexity index is 1330. The van der Waals surface area contributed by atoms with Gasteiger partial charge in [-0.25, -0.2) is 8.42 Å². The van der Waals surface area contributed by atoms with Gasteiger partial charge in [0.25, 0.3) is 5.91 Å². The van der Waals surface area contributed by atoms with Crippen molar-refractivity contribution in [3.63, 3.8) is 0 Å². The van der Waals surface area contributed by atoms with Crippen LogP contribution in [0.3, 0.4) is 0 Å². The minimum atomic E-state index is -3.67. The highest BCUT2D eigenvalue weighted by molar-refractivity contribution is 7.89. The highest BCUT2D eigenvalue weighted by Crippen LogP contribution is 2.29. The Morgan fingerprint density at radius 2 is 1.39 bits per heavy atom. The zero-order valence-electron chi connectivity index (χ0n) is 20.1. The van der Waals surface area contributed by atoms with Gasteiger partial charge in [-0.2, -0.15) is 4.31 Å². The summed E-state index contributed by atoms with van der Waals surface area (Å²) in [6.45, 7) is 3.22. The lowest BCUT2D eigenvalue weighted by molar-refractivity contribution is -0.114. The van der Waals surface area contributed by atoms with Crippen LogP contribution in [-0.2, 0) is 14.8 Å². The molecule has 3 aromatic carbocycles. The molecule has 1 aliphatic heterocycles. The Hall–Kier alpha value is -3.89. The normalized spacial score (nSPS) is 14.2. The number of amides is 2. The molecule has 0 atom stereocenters. The molecule has 3 aromatic rings. The molecule has 0 aliphatic carbocycles. The molecule has 1 saturated heterocycles. The average molecular weight is 509 g/mol. The van der Waals surface area contributed by atoms with Gasteiger partial charge in [0.05, 0.1) is 17.7 Å². The van der Waals surface area contributed by atoms with Crippen LogP contribution in [-0.4, -0.2) is 57.8 Å². The van der Waals surface area contributed by atoms with Gasteiger partial charge in [-0.15, -0.1) is 0 Å². The zero-order chi connectivity index (χ0) is 25.7. The number of ether oxygens (including phenoxy) is 1. The molecule has 0 aromatic heterocycles. The third kappa shape index (κ3) is 5.67. The van der Waals surface area contributed by atoms with Gasteiger partial charge in [-0.3, -0.25) is 9.59 Å². The number of nitrogens with one attached hydrogen (secondary N) is 2. The number of rotatable bonds is 7. The lowest BCUT2D eigenvalue weighted by Crippen LogP contribution is -2.48. The summed E-state index contributed by atoms with van der Waals surface area (Å²) in [7, 11) is -2.05. The van der Waals surface area contributed by atoms with Crippen LogP contribution in [0.15, 0.2) is 77.7 Å². The number of nitrogens with zero attached hydrogens (tertiary/aromatic N) is 2. The molecular formula is C26H28N4O5S. The molecule has 0 bridgehead atoms. The molecule has 2 amide bonds. The fourth-order valence-corrected chi connectivity index (χ4v) is 5.45. The summed E-state index contributed by atoms with van der Waals surface area (Å²) in [6, 6.07) is 20.3. The fourth-order valence-electron chi connectivity index (χ4n) is 4.03. The molecule has 0 saturated carbocycles. The first-order valence-electron chi connectivity index (χ1n) is 11.4. The van der Waals surface area contributed by atoms with E-state index in [1.165, 1.54) is 23.4 Å². The number of anilines is 3. The Labute approximate surface area is 210 Å². The molecular weight excluding hydrogens is 480 g/mol. The first kappa shape index (κ1) is 25.2. The van der Waals surface area contributed by atoms with E-state index in [4.69, 9.17) is 4.74 Å². The van der Waals surface area contributed by atoms with Gasteiger partial charge in [-0.05, 0) is 60.7 Å². The number of sulfonamides is 1. The van der Waals surface area contributed by atoms with Crippen LogP contribution in [0, 0.1) is 0 Å². The lowest BCUT2D eigenvalue weighted by atomic mass is 10.2. The molecule has 36 heavy (non-hydrogen) atoms. The van der Waals surface area contributed by atoms with Crippen molar-refractivity contribution in [2.45, 2.75) is 11.8 Å². The second-order valence-electron chi connectivity index (χ2n) is 8.30. The SMILES string of the molecule is COc1ccccc1N1CCN(S(=O)(=O)c2ccc(NC(=O)c3ccc(NC(C)=O)cc3)cc2)CC1. The third-order valence-corrected chi connectivity index (χ3v) is 7.79. The van der Waals surface area contributed by atoms with E-state index in [-0.39, 0.29) is 16.7 Å². The van der Waals surface area contributed by atoms with Crippen LogP contribution >= 0.6 is 0 Å². The van der Waals surface area contributed by atoms with E-state index in [1.54, 1.807) is 43.5 Å². The van der Waals surface area contributed by atoms with Crippen molar-refractivity contribution in [1.82, 2.24) is 4.31 Å². The summed E-state index contributed by atoms with van der Waals surface area (Å²) >= 11 is 0. The van der Waals surface area contributed by atoms with Crippen molar-refractivity contribution < 1.29 is 22.7 Å². The molecule has 1 fully saturated rings. The van der Waals surface area contributed by atoms with Gasteiger partial charge in [0, 0.05) is 50.0 Å². The summed E-state index contributed by atoms with van der Waals surface area (Å²) in [5, 5.41) is 5.40. The van der Waals surface area contributed by atoms with Gasteiger partial charge >= 0.3 is 0 Å². The standard InChI is InChI=1S/C26H28N4O5S/c1-19(31)27-21-9-7-20(8-10-21)26(32)28-22-11-13-23(14-12-22)36(33,34)30-17-15-29(16-18-30)24-5-3-4-6-25(24)35-2/h3-14H,15-18H2,1-2H3,(H,27,31)(H,28,32). The molecule has 4 rings (SSSR count). The summed E-state index contributed by atoms with van der Waals surface area (Å²) in [4.78, 5) is 25.9. The van der Waals surface area contributed by atoms with E-state index < -0.39 is 10.0 Å². The highest BCUT2D eigenvalue weighted by atomic mass is 32.2. The van der Waals surface area contributed by atoms with Crippen molar-refractivity contribution in [2.75, 3.05) is 48.8 Å². The van der Waals surface area contributed by atoms with Crippen LogP contribution in [0.5, 0.6) is 5.75 Å². The number of carbonyl (C=O) groups is 2. The zero-order valence-corrected chi connectivity index (χ0v) is 20.9. The Morgan fingerprint density at radius 1 is 0.806 bits per heavy atom. The van der Waals surface area contributed by atoms with E-state index in [0.29, 0.717) is 43.1 Å². The highest BCUT2D eigenvalue weighted by Gasteiger charge is 2.29. The maximum atomic E-state index is 13.2. The molecule has 188 valence electrons. The third-order valence-electron chi connectivity index (χ3n) is 5.88. The molecule has 2 N–H and O–H groups in total. The first-order chi connectivity index (χ1) is 17.3. The van der Waals surface area contributed by atoms with E-state index in [2.05, 4.69) is 15.5 Å². The first-order valence-corrected chi connectivity index (χ1v) is 12.9. The maximum absolute atomic E-state index is 13.2. The second kappa shape index (κ2) is 10.8. The molecule has 1 heterocycles. The number of para-hydroxylation sites is 2. The topological polar surface area (TPSA) is 108 Å². The predicted molar refractivity (Wildman–Crippen MR) is 139 cm³/mol. The van der Waals surface area contributed by atoms with Crippen LogP contribution < -0.4 is 20.3 Å². The van der Waals surface area contributed by atoms with Crippen molar-refractivity contribution in [2.24, 2.45) is 0 Å². The fraction of sp³-hybridized carbons (Fsp3) is 0.231. The monoisotopic (exact) mass is 508 g/mol. The summed E-state index contributed by atoms with van der Waals surface area (Å²) < 4.78 is 33.3. The number of piperazine rings is 1. The van der Waals surface area contributed by atoms with E-state index in [0.717, 1.165) is 11.4 Å². The Kier molecular flexibility index (Phi) is 7.56. The molecule has 0 spiro atoms. The van der Waals surface area contributed by atoms with Gasteiger partial charge in [0.2, 0.25) is 15.9 Å². The van der Waals surface area contributed by atoms with Crippen molar-refractivity contribution >= 4 is 38.9 Å². The summed E-state index contributed by atoms with van der Waals surface area (Å²) in [5.74, 6) is 0.225. The quantitative estimate of drug-likeness (QED) is 0.506. The summed E-state index contributed by atoms with van der Waals surface area (Å²) in [5.41, 5.74) is 2.43. The van der Waals surface area contributed by atoms with Crippen molar-refractivity contribution in [3.8, 4) is 5.75 Å². The number of carbonyl (C=O) groups excluding carboxylic acids is 2. The Morgan fingerprint density at radius 3 is 2.00 bits per heavy atom. The average Bonchev–Trinajstić information content (AvgIpc) is 2.89. The smallest absolute Gasteiger partial charge is 0.255 e. The van der Waals surface area contributed by atoms with E-state index in [1.807, 2.05) is 24.3 Å². The van der Waals surface area contributed by atoms with Gasteiger partial charge in [-0.1, -0.05) is 12.1 Å². The number of hydrogen-bond acceptors (Lipinski definition) is 6. The number of benzene rings is 3. The molecule has 1 aliphatic rings. The molecule has 9 nitrogen and oxygen atoms in total. The van der Waals surface area contributed by atoms with Gasteiger partial charge < -0.3 is 20.3 Å². The molecule has 0 radical (unpaired) electrons. The van der Waals surface area contributed by atoms with Crippen LogP contribution in [0.25, 0.3) is 0 Å². The van der Waals surface area contributed by atoms with Gasteiger partial charge in [0.1, 0.15) is 5.75 Å².